The third kappa shape index (κ3) is 5.43. The zero-order chi connectivity index (χ0) is 19.1. The van der Waals surface area contributed by atoms with Crippen molar-refractivity contribution in [3.63, 3.8) is 0 Å². The number of rotatable bonds is 8. The molecule has 8 nitrogen and oxygen atoms in total. The highest BCUT2D eigenvalue weighted by Crippen LogP contribution is 2.13. The lowest BCUT2D eigenvalue weighted by Gasteiger charge is -2.09. The molecule has 0 radical (unpaired) electrons. The van der Waals surface area contributed by atoms with Crippen molar-refractivity contribution >= 4 is 27.5 Å². The van der Waals surface area contributed by atoms with Gasteiger partial charge in [0.05, 0.1) is 4.90 Å². The van der Waals surface area contributed by atoms with Crippen LogP contribution in [0.4, 0.5) is 21.8 Å². The minimum atomic E-state index is -3.69. The maximum Gasteiger partial charge on any atom is 0.240 e. The van der Waals surface area contributed by atoms with Crippen LogP contribution in [0.2, 0.25) is 0 Å². The summed E-state index contributed by atoms with van der Waals surface area (Å²) in [7, 11) is -3.69. The Morgan fingerprint density at radius 1 is 0.889 bits per heavy atom. The Morgan fingerprint density at radius 2 is 1.67 bits per heavy atom. The van der Waals surface area contributed by atoms with Gasteiger partial charge in [-0.1, -0.05) is 6.07 Å². The van der Waals surface area contributed by atoms with Crippen LogP contribution in [0.15, 0.2) is 66.0 Å². The number of benzene rings is 1. The van der Waals surface area contributed by atoms with Crippen LogP contribution in [0.1, 0.15) is 0 Å². The predicted octanol–water partition coefficient (Wildman–Crippen LogP) is 2.14. The number of anilines is 3. The first-order valence-corrected chi connectivity index (χ1v) is 9.50. The number of sulfonamides is 1. The maximum atomic E-state index is 12.9. The average molecular weight is 388 g/mol. The largest absolute Gasteiger partial charge is 0.369 e. The highest BCUT2D eigenvalue weighted by molar-refractivity contribution is 7.89. The summed E-state index contributed by atoms with van der Waals surface area (Å²) in [5.41, 5.74) is 0. The van der Waals surface area contributed by atoms with E-state index in [1.165, 1.54) is 18.5 Å². The number of pyridine rings is 1. The van der Waals surface area contributed by atoms with Gasteiger partial charge in [0.25, 0.3) is 0 Å². The van der Waals surface area contributed by atoms with E-state index >= 15 is 0 Å². The van der Waals surface area contributed by atoms with Gasteiger partial charge in [0.1, 0.15) is 29.6 Å². The zero-order valence-electron chi connectivity index (χ0n) is 14.1. The van der Waals surface area contributed by atoms with Crippen LogP contribution in [0.25, 0.3) is 0 Å². The topological polar surface area (TPSA) is 109 Å². The molecule has 3 N–H and O–H groups in total. The Morgan fingerprint density at radius 3 is 2.41 bits per heavy atom. The van der Waals surface area contributed by atoms with Crippen LogP contribution in [0, 0.1) is 5.82 Å². The summed E-state index contributed by atoms with van der Waals surface area (Å²) in [5.74, 6) is 1.24. The number of nitrogens with one attached hydrogen (secondary N) is 3. The highest BCUT2D eigenvalue weighted by atomic mass is 32.2. The molecule has 140 valence electrons. The standard InChI is InChI=1S/C17H17FN6O2S/c18-13-4-6-14(7-5-13)27(25,26)23-10-9-20-16-11-17(22-12-21-16)24-15-3-1-2-8-19-15/h1-8,11-12,23H,9-10H2,(H2,19,20,21,22,24). The summed E-state index contributed by atoms with van der Waals surface area (Å²) in [6.45, 7) is 0.438. The summed E-state index contributed by atoms with van der Waals surface area (Å²) in [6.07, 6.45) is 3.05. The van der Waals surface area contributed by atoms with Crippen molar-refractivity contribution in [1.82, 2.24) is 19.7 Å². The molecular weight excluding hydrogens is 371 g/mol. The van der Waals surface area contributed by atoms with Gasteiger partial charge in [-0.05, 0) is 36.4 Å². The molecule has 2 aromatic heterocycles. The van der Waals surface area contributed by atoms with E-state index in [2.05, 4.69) is 30.3 Å². The molecule has 1 aromatic carbocycles. The van der Waals surface area contributed by atoms with Crippen LogP contribution in [-0.4, -0.2) is 36.5 Å². The second-order valence-corrected chi connectivity index (χ2v) is 7.17. The normalized spacial score (nSPS) is 11.1. The second kappa shape index (κ2) is 8.52. The molecule has 0 atom stereocenters. The number of hydrogen-bond donors (Lipinski definition) is 3. The van der Waals surface area contributed by atoms with E-state index in [0.29, 0.717) is 24.0 Å². The van der Waals surface area contributed by atoms with E-state index in [9.17, 15) is 12.8 Å². The van der Waals surface area contributed by atoms with Gasteiger partial charge >= 0.3 is 0 Å². The summed E-state index contributed by atoms with van der Waals surface area (Å²) in [6, 6.07) is 11.8. The number of nitrogens with zero attached hydrogens (tertiary/aromatic N) is 3. The fourth-order valence-corrected chi connectivity index (χ4v) is 3.20. The molecule has 0 bridgehead atoms. The maximum absolute atomic E-state index is 12.9. The molecule has 2 heterocycles. The van der Waals surface area contributed by atoms with E-state index in [4.69, 9.17) is 0 Å². The molecule has 0 fully saturated rings. The molecule has 0 aliphatic heterocycles. The van der Waals surface area contributed by atoms with Crippen molar-refractivity contribution in [3.8, 4) is 0 Å². The lowest BCUT2D eigenvalue weighted by Crippen LogP contribution is -2.29. The summed E-state index contributed by atoms with van der Waals surface area (Å²) < 4.78 is 39.5. The molecule has 10 heteroatoms. The molecule has 0 amide bonds. The number of aromatic nitrogens is 3. The van der Waals surface area contributed by atoms with Crippen molar-refractivity contribution < 1.29 is 12.8 Å². The molecule has 0 unspecified atom stereocenters. The van der Waals surface area contributed by atoms with Crippen molar-refractivity contribution in [2.24, 2.45) is 0 Å². The third-order valence-corrected chi connectivity index (χ3v) is 4.91. The van der Waals surface area contributed by atoms with Crippen molar-refractivity contribution in [2.75, 3.05) is 23.7 Å². The first-order valence-electron chi connectivity index (χ1n) is 8.02. The van der Waals surface area contributed by atoms with E-state index in [1.54, 1.807) is 18.3 Å². The van der Waals surface area contributed by atoms with Gasteiger partial charge in [-0.25, -0.2) is 32.5 Å². The third-order valence-electron chi connectivity index (χ3n) is 3.44. The number of hydrogen-bond acceptors (Lipinski definition) is 7. The van der Waals surface area contributed by atoms with Gasteiger partial charge < -0.3 is 10.6 Å². The highest BCUT2D eigenvalue weighted by Gasteiger charge is 2.12. The first-order chi connectivity index (χ1) is 13.0. The van der Waals surface area contributed by atoms with Gasteiger partial charge in [-0.15, -0.1) is 0 Å². The second-order valence-electron chi connectivity index (χ2n) is 5.41. The Hall–Kier alpha value is -3.11. The SMILES string of the molecule is O=S(=O)(NCCNc1cc(Nc2ccccn2)ncn1)c1ccc(F)cc1. The van der Waals surface area contributed by atoms with Gasteiger partial charge in [-0.3, -0.25) is 0 Å². The molecule has 0 aliphatic carbocycles. The molecular formula is C17H17FN6O2S. The van der Waals surface area contributed by atoms with Crippen molar-refractivity contribution in [3.05, 3.63) is 66.9 Å². The fourth-order valence-electron chi connectivity index (χ4n) is 2.16. The Balaban J connectivity index is 1.52. The van der Waals surface area contributed by atoms with E-state index < -0.39 is 15.8 Å². The fraction of sp³-hybridized carbons (Fsp3) is 0.118. The quantitative estimate of drug-likeness (QED) is 0.507. The molecule has 3 rings (SSSR count). The van der Waals surface area contributed by atoms with E-state index in [1.807, 2.05) is 12.1 Å². The Labute approximate surface area is 156 Å². The zero-order valence-corrected chi connectivity index (χ0v) is 14.9. The van der Waals surface area contributed by atoms with E-state index in [-0.39, 0.29) is 11.4 Å². The van der Waals surface area contributed by atoms with Gasteiger partial charge in [0, 0.05) is 25.4 Å². The van der Waals surface area contributed by atoms with Crippen LogP contribution in [0.5, 0.6) is 0 Å². The van der Waals surface area contributed by atoms with Gasteiger partial charge in [0.2, 0.25) is 10.0 Å². The number of halogens is 1. The smallest absolute Gasteiger partial charge is 0.240 e. The van der Waals surface area contributed by atoms with Crippen LogP contribution < -0.4 is 15.4 Å². The Kier molecular flexibility index (Phi) is 5.89. The minimum absolute atomic E-state index is 0.00721. The molecule has 3 aromatic rings. The summed E-state index contributed by atoms with van der Waals surface area (Å²) in [5, 5.41) is 6.05. The van der Waals surface area contributed by atoms with E-state index in [0.717, 1.165) is 12.1 Å². The lowest BCUT2D eigenvalue weighted by atomic mass is 10.4. The van der Waals surface area contributed by atoms with Crippen molar-refractivity contribution in [2.45, 2.75) is 4.90 Å². The molecule has 0 saturated carbocycles. The molecule has 27 heavy (non-hydrogen) atoms. The summed E-state index contributed by atoms with van der Waals surface area (Å²) >= 11 is 0. The van der Waals surface area contributed by atoms with Crippen LogP contribution in [0.3, 0.4) is 0 Å². The van der Waals surface area contributed by atoms with Crippen LogP contribution >= 0.6 is 0 Å². The van der Waals surface area contributed by atoms with Gasteiger partial charge in [-0.2, -0.15) is 0 Å². The predicted molar refractivity (Wildman–Crippen MR) is 99.6 cm³/mol. The monoisotopic (exact) mass is 388 g/mol. The molecule has 0 aliphatic rings. The first kappa shape index (κ1) is 18.7. The average Bonchev–Trinajstić information content (AvgIpc) is 2.67. The molecule has 0 saturated heterocycles. The lowest BCUT2D eigenvalue weighted by molar-refractivity contribution is 0.582. The van der Waals surface area contributed by atoms with Crippen LogP contribution in [-0.2, 0) is 10.0 Å². The summed E-state index contributed by atoms with van der Waals surface area (Å²) in [4.78, 5) is 12.3. The minimum Gasteiger partial charge on any atom is -0.369 e. The molecule has 0 spiro atoms. The Bertz CT molecular complexity index is 984. The van der Waals surface area contributed by atoms with Gasteiger partial charge in [0.15, 0.2) is 0 Å². The van der Waals surface area contributed by atoms with Crippen molar-refractivity contribution in [1.29, 1.82) is 0 Å².